The van der Waals surface area contributed by atoms with Gasteiger partial charge in [-0.2, -0.15) is 0 Å². The standard InChI is InChI=1S/C15H16FNO/c1-3-15(18,12-6-4-11(2)5-7-12)14-9-8-13(16)10-17-14/h4-10,18H,3H2,1-2H3. The Hall–Kier alpha value is -1.74. The van der Waals surface area contributed by atoms with Gasteiger partial charge in [-0.05, 0) is 31.0 Å². The molecule has 1 aromatic carbocycles. The van der Waals surface area contributed by atoms with E-state index < -0.39 is 11.4 Å². The molecule has 18 heavy (non-hydrogen) atoms. The van der Waals surface area contributed by atoms with Gasteiger partial charge in [-0.15, -0.1) is 0 Å². The van der Waals surface area contributed by atoms with Crippen LogP contribution in [0.2, 0.25) is 0 Å². The molecule has 0 radical (unpaired) electrons. The minimum absolute atomic E-state index is 0.402. The van der Waals surface area contributed by atoms with Crippen LogP contribution in [0.25, 0.3) is 0 Å². The van der Waals surface area contributed by atoms with E-state index in [4.69, 9.17) is 0 Å². The smallest absolute Gasteiger partial charge is 0.141 e. The maximum absolute atomic E-state index is 12.9. The number of hydrogen-bond donors (Lipinski definition) is 1. The van der Waals surface area contributed by atoms with E-state index in [1.807, 2.05) is 38.1 Å². The van der Waals surface area contributed by atoms with E-state index in [2.05, 4.69) is 4.98 Å². The average Bonchev–Trinajstić information content (AvgIpc) is 2.39. The van der Waals surface area contributed by atoms with Crippen molar-refractivity contribution in [1.29, 1.82) is 0 Å². The van der Waals surface area contributed by atoms with Gasteiger partial charge in [0.25, 0.3) is 0 Å². The van der Waals surface area contributed by atoms with Gasteiger partial charge in [0.1, 0.15) is 11.4 Å². The number of nitrogens with zero attached hydrogens (tertiary/aromatic N) is 1. The molecular weight excluding hydrogens is 229 g/mol. The molecule has 0 saturated heterocycles. The molecule has 0 spiro atoms. The average molecular weight is 245 g/mol. The van der Waals surface area contributed by atoms with Crippen LogP contribution in [0.3, 0.4) is 0 Å². The number of benzene rings is 1. The highest BCUT2D eigenvalue weighted by Gasteiger charge is 2.30. The minimum Gasteiger partial charge on any atom is -0.379 e. The van der Waals surface area contributed by atoms with Crippen molar-refractivity contribution in [3.63, 3.8) is 0 Å². The van der Waals surface area contributed by atoms with Crippen LogP contribution < -0.4 is 0 Å². The van der Waals surface area contributed by atoms with Crippen LogP contribution in [-0.4, -0.2) is 10.1 Å². The minimum atomic E-state index is -1.17. The number of aliphatic hydroxyl groups is 1. The van der Waals surface area contributed by atoms with E-state index in [0.29, 0.717) is 12.1 Å². The summed E-state index contributed by atoms with van der Waals surface area (Å²) in [6, 6.07) is 10.5. The van der Waals surface area contributed by atoms with Crippen LogP contribution in [-0.2, 0) is 5.60 Å². The lowest BCUT2D eigenvalue weighted by Gasteiger charge is -2.26. The van der Waals surface area contributed by atoms with Crippen LogP contribution in [0.1, 0.15) is 30.2 Å². The number of rotatable bonds is 3. The molecule has 0 fully saturated rings. The van der Waals surface area contributed by atoms with Crippen LogP contribution in [0.4, 0.5) is 4.39 Å². The molecule has 0 bridgehead atoms. The highest BCUT2D eigenvalue weighted by Crippen LogP contribution is 2.31. The third-order valence-corrected chi connectivity index (χ3v) is 3.19. The van der Waals surface area contributed by atoms with E-state index in [1.54, 1.807) is 0 Å². The molecule has 0 amide bonds. The van der Waals surface area contributed by atoms with Gasteiger partial charge in [0.15, 0.2) is 0 Å². The summed E-state index contributed by atoms with van der Waals surface area (Å²) in [7, 11) is 0. The second kappa shape index (κ2) is 4.86. The monoisotopic (exact) mass is 245 g/mol. The van der Waals surface area contributed by atoms with Gasteiger partial charge < -0.3 is 5.11 Å². The molecule has 1 atom stereocenters. The highest BCUT2D eigenvalue weighted by molar-refractivity contribution is 5.33. The molecule has 1 aromatic heterocycles. The van der Waals surface area contributed by atoms with Crippen molar-refractivity contribution >= 4 is 0 Å². The van der Waals surface area contributed by atoms with E-state index in [9.17, 15) is 9.50 Å². The second-order valence-electron chi connectivity index (χ2n) is 4.44. The summed E-state index contributed by atoms with van der Waals surface area (Å²) >= 11 is 0. The second-order valence-corrected chi connectivity index (χ2v) is 4.44. The first-order valence-electron chi connectivity index (χ1n) is 5.98. The highest BCUT2D eigenvalue weighted by atomic mass is 19.1. The van der Waals surface area contributed by atoms with Crippen LogP contribution >= 0.6 is 0 Å². The van der Waals surface area contributed by atoms with Crippen molar-refractivity contribution in [2.24, 2.45) is 0 Å². The SMILES string of the molecule is CCC(O)(c1ccc(C)cc1)c1ccc(F)cn1. The Balaban J connectivity index is 2.47. The largest absolute Gasteiger partial charge is 0.379 e. The Morgan fingerprint density at radius 2 is 1.83 bits per heavy atom. The summed E-state index contributed by atoms with van der Waals surface area (Å²) in [4.78, 5) is 4.00. The molecular formula is C15H16FNO. The molecule has 1 N–H and O–H groups in total. The normalized spacial score (nSPS) is 14.2. The first-order chi connectivity index (χ1) is 8.56. The predicted octanol–water partition coefficient (Wildman–Crippen LogP) is 3.18. The quantitative estimate of drug-likeness (QED) is 0.901. The molecule has 0 saturated carbocycles. The van der Waals surface area contributed by atoms with Gasteiger partial charge in [0, 0.05) is 0 Å². The summed E-state index contributed by atoms with van der Waals surface area (Å²) in [5.41, 5.74) is 1.20. The summed E-state index contributed by atoms with van der Waals surface area (Å²) in [6.45, 7) is 3.87. The van der Waals surface area contributed by atoms with E-state index in [1.165, 1.54) is 12.1 Å². The Morgan fingerprint density at radius 1 is 1.17 bits per heavy atom. The maximum atomic E-state index is 12.9. The fourth-order valence-corrected chi connectivity index (χ4v) is 1.98. The number of hydrogen-bond acceptors (Lipinski definition) is 2. The van der Waals surface area contributed by atoms with E-state index in [0.717, 1.165) is 17.3 Å². The lowest BCUT2D eigenvalue weighted by molar-refractivity contribution is 0.0718. The zero-order chi connectivity index (χ0) is 13.2. The molecule has 0 aliphatic carbocycles. The zero-order valence-electron chi connectivity index (χ0n) is 10.5. The third kappa shape index (κ3) is 2.27. The fraction of sp³-hybridized carbons (Fsp3) is 0.267. The maximum Gasteiger partial charge on any atom is 0.141 e. The molecule has 2 aromatic rings. The van der Waals surface area contributed by atoms with Crippen molar-refractivity contribution in [2.45, 2.75) is 25.9 Å². The number of aromatic nitrogens is 1. The summed E-state index contributed by atoms with van der Waals surface area (Å²) in [5.74, 6) is -0.402. The van der Waals surface area contributed by atoms with Gasteiger partial charge in [-0.25, -0.2) is 4.39 Å². The molecule has 0 aliphatic rings. The molecule has 1 heterocycles. The molecule has 3 heteroatoms. The van der Waals surface area contributed by atoms with Crippen molar-refractivity contribution < 1.29 is 9.50 Å². The zero-order valence-corrected chi connectivity index (χ0v) is 10.5. The number of aryl methyl sites for hydroxylation is 1. The molecule has 1 unspecified atom stereocenters. The summed E-state index contributed by atoms with van der Waals surface area (Å²) < 4.78 is 12.9. The summed E-state index contributed by atoms with van der Waals surface area (Å²) in [5, 5.41) is 10.8. The molecule has 2 nitrogen and oxygen atoms in total. The van der Waals surface area contributed by atoms with Gasteiger partial charge in [-0.1, -0.05) is 36.8 Å². The Labute approximate surface area is 106 Å². The molecule has 2 rings (SSSR count). The Kier molecular flexibility index (Phi) is 3.43. The number of halogens is 1. The molecule has 94 valence electrons. The lowest BCUT2D eigenvalue weighted by Crippen LogP contribution is -2.27. The Bertz CT molecular complexity index is 474. The van der Waals surface area contributed by atoms with E-state index in [-0.39, 0.29) is 0 Å². The summed E-state index contributed by atoms with van der Waals surface area (Å²) in [6.07, 6.45) is 1.61. The topological polar surface area (TPSA) is 33.1 Å². The first-order valence-corrected chi connectivity index (χ1v) is 5.98. The lowest BCUT2D eigenvalue weighted by atomic mass is 9.87. The van der Waals surface area contributed by atoms with Gasteiger partial charge in [0.05, 0.1) is 11.9 Å². The predicted molar refractivity (Wildman–Crippen MR) is 68.7 cm³/mol. The fourth-order valence-electron chi connectivity index (χ4n) is 1.98. The number of pyridine rings is 1. The van der Waals surface area contributed by atoms with Crippen LogP contribution in [0.15, 0.2) is 42.6 Å². The first kappa shape index (κ1) is 12.7. The van der Waals surface area contributed by atoms with E-state index >= 15 is 0 Å². The van der Waals surface area contributed by atoms with Crippen LogP contribution in [0.5, 0.6) is 0 Å². The molecule has 0 aliphatic heterocycles. The van der Waals surface area contributed by atoms with Crippen molar-refractivity contribution in [2.75, 3.05) is 0 Å². The van der Waals surface area contributed by atoms with Crippen molar-refractivity contribution in [3.05, 3.63) is 65.2 Å². The van der Waals surface area contributed by atoms with Crippen molar-refractivity contribution in [3.8, 4) is 0 Å². The van der Waals surface area contributed by atoms with Crippen molar-refractivity contribution in [1.82, 2.24) is 4.98 Å². The Morgan fingerprint density at radius 3 is 2.33 bits per heavy atom. The van der Waals surface area contributed by atoms with Gasteiger partial charge in [-0.3, -0.25) is 4.98 Å². The third-order valence-electron chi connectivity index (χ3n) is 3.19. The van der Waals surface area contributed by atoms with Crippen LogP contribution in [0, 0.1) is 12.7 Å². The van der Waals surface area contributed by atoms with Gasteiger partial charge in [0.2, 0.25) is 0 Å². The van der Waals surface area contributed by atoms with Gasteiger partial charge >= 0.3 is 0 Å².